The van der Waals surface area contributed by atoms with Gasteiger partial charge in [-0.25, -0.2) is 4.39 Å². The van der Waals surface area contributed by atoms with Crippen molar-refractivity contribution in [3.63, 3.8) is 0 Å². The lowest BCUT2D eigenvalue weighted by Gasteiger charge is -2.23. The number of rotatable bonds is 5. The number of halogens is 1. The van der Waals surface area contributed by atoms with E-state index in [4.69, 9.17) is 15.2 Å². The molecule has 3 nitrogen and oxygen atoms in total. The fraction of sp³-hybridized carbons (Fsp3) is 0.571. The molecule has 0 amide bonds. The van der Waals surface area contributed by atoms with Crippen LogP contribution in [0, 0.1) is 5.82 Å². The third-order valence-corrected chi connectivity index (χ3v) is 3.15. The molecule has 0 aliphatic carbocycles. The van der Waals surface area contributed by atoms with Crippen LogP contribution in [0.2, 0.25) is 0 Å². The van der Waals surface area contributed by atoms with Crippen LogP contribution in [0.4, 0.5) is 4.39 Å². The highest BCUT2D eigenvalue weighted by molar-refractivity contribution is 5.19. The van der Waals surface area contributed by atoms with Crippen LogP contribution in [0.15, 0.2) is 24.3 Å². The summed E-state index contributed by atoms with van der Waals surface area (Å²) in [5.41, 5.74) is 6.71. The largest absolute Gasteiger partial charge is 0.377 e. The molecule has 1 aliphatic heterocycles. The van der Waals surface area contributed by atoms with E-state index in [1.807, 2.05) is 6.07 Å². The molecule has 2 unspecified atom stereocenters. The monoisotopic (exact) mass is 253 g/mol. The summed E-state index contributed by atoms with van der Waals surface area (Å²) >= 11 is 0. The molecule has 1 fully saturated rings. The van der Waals surface area contributed by atoms with Crippen LogP contribution >= 0.6 is 0 Å². The first kappa shape index (κ1) is 13.5. The molecule has 0 saturated carbocycles. The van der Waals surface area contributed by atoms with Crippen LogP contribution < -0.4 is 5.73 Å². The number of ether oxygens (including phenoxy) is 2. The van der Waals surface area contributed by atoms with Crippen LogP contribution in [-0.2, 0) is 9.47 Å². The molecule has 1 saturated heterocycles. The fourth-order valence-corrected chi connectivity index (χ4v) is 2.10. The van der Waals surface area contributed by atoms with E-state index in [-0.39, 0.29) is 18.0 Å². The van der Waals surface area contributed by atoms with Gasteiger partial charge in [0.1, 0.15) is 5.82 Å². The highest BCUT2D eigenvalue weighted by Gasteiger charge is 2.14. The van der Waals surface area contributed by atoms with E-state index in [1.165, 1.54) is 18.6 Å². The van der Waals surface area contributed by atoms with E-state index in [1.54, 1.807) is 6.07 Å². The second kappa shape index (κ2) is 6.83. The summed E-state index contributed by atoms with van der Waals surface area (Å²) in [6.07, 6.45) is 3.58. The Labute approximate surface area is 107 Å². The first-order chi connectivity index (χ1) is 8.75. The molecule has 1 heterocycles. The van der Waals surface area contributed by atoms with Gasteiger partial charge in [-0.15, -0.1) is 0 Å². The second-order valence-corrected chi connectivity index (χ2v) is 4.69. The van der Waals surface area contributed by atoms with Crippen LogP contribution in [0.3, 0.4) is 0 Å². The minimum absolute atomic E-state index is 0.193. The minimum atomic E-state index is -0.288. The van der Waals surface area contributed by atoms with E-state index in [0.29, 0.717) is 13.2 Å². The fourth-order valence-electron chi connectivity index (χ4n) is 2.10. The highest BCUT2D eigenvalue weighted by atomic mass is 19.1. The van der Waals surface area contributed by atoms with Gasteiger partial charge in [-0.2, -0.15) is 0 Å². The number of nitrogens with two attached hydrogens (primary N) is 1. The van der Waals surface area contributed by atoms with Gasteiger partial charge < -0.3 is 15.2 Å². The smallest absolute Gasteiger partial charge is 0.123 e. The van der Waals surface area contributed by atoms with Gasteiger partial charge in [0.05, 0.1) is 25.4 Å². The predicted octanol–water partition coefficient (Wildman–Crippen LogP) is 2.41. The molecular weight excluding hydrogens is 233 g/mol. The first-order valence-corrected chi connectivity index (χ1v) is 6.46. The van der Waals surface area contributed by atoms with Gasteiger partial charge in [-0.3, -0.25) is 0 Å². The quantitative estimate of drug-likeness (QED) is 0.876. The molecule has 4 heteroatoms. The molecule has 1 aromatic carbocycles. The first-order valence-electron chi connectivity index (χ1n) is 6.46. The molecule has 1 aromatic rings. The Balaban J connectivity index is 1.72. The van der Waals surface area contributed by atoms with Gasteiger partial charge in [0.2, 0.25) is 0 Å². The molecule has 18 heavy (non-hydrogen) atoms. The van der Waals surface area contributed by atoms with Crippen molar-refractivity contribution in [1.29, 1.82) is 0 Å². The summed E-state index contributed by atoms with van der Waals surface area (Å²) in [5.74, 6) is -0.265. The van der Waals surface area contributed by atoms with Crippen molar-refractivity contribution < 1.29 is 13.9 Å². The van der Waals surface area contributed by atoms with Crippen LogP contribution in [-0.4, -0.2) is 25.9 Å². The summed E-state index contributed by atoms with van der Waals surface area (Å²) in [6.45, 7) is 1.79. The summed E-state index contributed by atoms with van der Waals surface area (Å²) in [4.78, 5) is 0. The van der Waals surface area contributed by atoms with Gasteiger partial charge in [0, 0.05) is 6.61 Å². The molecule has 0 bridgehead atoms. The highest BCUT2D eigenvalue weighted by Crippen LogP contribution is 2.15. The zero-order valence-electron chi connectivity index (χ0n) is 10.5. The van der Waals surface area contributed by atoms with Crippen molar-refractivity contribution in [2.75, 3.05) is 19.8 Å². The molecular formula is C14H20FNO2. The molecule has 2 rings (SSSR count). The van der Waals surface area contributed by atoms with E-state index in [0.717, 1.165) is 25.0 Å². The Kier molecular flexibility index (Phi) is 5.11. The molecule has 100 valence electrons. The average Bonchev–Trinajstić information content (AvgIpc) is 2.40. The molecule has 2 atom stereocenters. The van der Waals surface area contributed by atoms with Gasteiger partial charge in [0.15, 0.2) is 0 Å². The molecule has 0 radical (unpaired) electrons. The Bertz CT molecular complexity index is 367. The van der Waals surface area contributed by atoms with Crippen LogP contribution in [0.1, 0.15) is 30.9 Å². The number of hydrogen-bond acceptors (Lipinski definition) is 3. The Morgan fingerprint density at radius 3 is 3.06 bits per heavy atom. The minimum Gasteiger partial charge on any atom is -0.377 e. The zero-order chi connectivity index (χ0) is 12.8. The van der Waals surface area contributed by atoms with Crippen molar-refractivity contribution >= 4 is 0 Å². The summed E-state index contributed by atoms with van der Waals surface area (Å²) in [7, 11) is 0. The number of benzene rings is 1. The van der Waals surface area contributed by atoms with Crippen LogP contribution in [0.5, 0.6) is 0 Å². The van der Waals surface area contributed by atoms with Gasteiger partial charge in [-0.1, -0.05) is 12.1 Å². The van der Waals surface area contributed by atoms with Crippen molar-refractivity contribution in [3.05, 3.63) is 35.6 Å². The summed E-state index contributed by atoms with van der Waals surface area (Å²) in [5, 5.41) is 0. The zero-order valence-corrected chi connectivity index (χ0v) is 10.5. The van der Waals surface area contributed by atoms with Crippen LogP contribution in [0.25, 0.3) is 0 Å². The third kappa shape index (κ3) is 4.05. The average molecular weight is 253 g/mol. The molecule has 0 spiro atoms. The van der Waals surface area contributed by atoms with Gasteiger partial charge >= 0.3 is 0 Å². The maximum Gasteiger partial charge on any atom is 0.123 e. The van der Waals surface area contributed by atoms with Crippen molar-refractivity contribution in [3.8, 4) is 0 Å². The maximum absolute atomic E-state index is 13.0. The summed E-state index contributed by atoms with van der Waals surface area (Å²) in [6, 6.07) is 6.05. The third-order valence-electron chi connectivity index (χ3n) is 3.15. The Morgan fingerprint density at radius 1 is 1.44 bits per heavy atom. The topological polar surface area (TPSA) is 44.5 Å². The normalized spacial score (nSPS) is 21.8. The predicted molar refractivity (Wildman–Crippen MR) is 67.7 cm³/mol. The lowest BCUT2D eigenvalue weighted by Crippen LogP contribution is -2.26. The lowest BCUT2D eigenvalue weighted by molar-refractivity contribution is -0.0428. The number of hydrogen-bond donors (Lipinski definition) is 1. The molecule has 2 N–H and O–H groups in total. The van der Waals surface area contributed by atoms with Crippen molar-refractivity contribution in [2.45, 2.75) is 31.4 Å². The maximum atomic E-state index is 13.0. The van der Waals surface area contributed by atoms with Gasteiger partial charge in [0.25, 0.3) is 0 Å². The van der Waals surface area contributed by atoms with E-state index in [9.17, 15) is 4.39 Å². The van der Waals surface area contributed by atoms with Crippen molar-refractivity contribution in [1.82, 2.24) is 0 Å². The molecule has 1 aliphatic rings. The SMILES string of the molecule is NC(COCC1CCCCO1)c1cccc(F)c1. The second-order valence-electron chi connectivity index (χ2n) is 4.69. The molecule has 0 aromatic heterocycles. The standard InChI is InChI=1S/C14H20FNO2/c15-12-5-3-4-11(8-12)14(16)10-17-9-13-6-1-2-7-18-13/h3-5,8,13-14H,1-2,6-7,9-10,16H2. The van der Waals surface area contributed by atoms with Gasteiger partial charge in [-0.05, 0) is 37.0 Å². The lowest BCUT2D eigenvalue weighted by atomic mass is 10.1. The Hall–Kier alpha value is -0.970. The van der Waals surface area contributed by atoms with E-state index < -0.39 is 0 Å². The van der Waals surface area contributed by atoms with E-state index >= 15 is 0 Å². The van der Waals surface area contributed by atoms with Crippen molar-refractivity contribution in [2.24, 2.45) is 5.73 Å². The van der Waals surface area contributed by atoms with E-state index in [2.05, 4.69) is 0 Å². The Morgan fingerprint density at radius 2 is 2.33 bits per heavy atom. The summed E-state index contributed by atoms with van der Waals surface area (Å²) < 4.78 is 24.1.